The van der Waals surface area contributed by atoms with E-state index in [1.165, 1.54) is 17.7 Å². The van der Waals surface area contributed by atoms with Gasteiger partial charge in [0.05, 0.1) is 6.21 Å². The van der Waals surface area contributed by atoms with Gasteiger partial charge in [-0.25, -0.2) is 4.39 Å². The normalized spacial score (nSPS) is 10.8. The van der Waals surface area contributed by atoms with Crippen LogP contribution in [-0.2, 0) is 11.4 Å². The molecule has 0 saturated heterocycles. The fourth-order valence-electron chi connectivity index (χ4n) is 1.49. The molecule has 0 aromatic heterocycles. The summed E-state index contributed by atoms with van der Waals surface area (Å²) in [5.74, 6) is -0.265. The Morgan fingerprint density at radius 2 is 1.94 bits per heavy atom. The molecule has 3 heteroatoms. The zero-order chi connectivity index (χ0) is 12.8. The third kappa shape index (κ3) is 3.70. The van der Waals surface area contributed by atoms with Crippen LogP contribution < -0.4 is 0 Å². The average molecular weight is 243 g/mol. The molecule has 2 nitrogen and oxygen atoms in total. The number of halogens is 1. The lowest BCUT2D eigenvalue weighted by Gasteiger charge is -1.99. The zero-order valence-corrected chi connectivity index (χ0v) is 10.1. The van der Waals surface area contributed by atoms with Gasteiger partial charge in [-0.3, -0.25) is 0 Å². The summed E-state index contributed by atoms with van der Waals surface area (Å²) in [4.78, 5) is 5.11. The van der Waals surface area contributed by atoms with Crippen LogP contribution in [0.5, 0.6) is 0 Å². The Balaban J connectivity index is 1.87. The van der Waals surface area contributed by atoms with Gasteiger partial charge in [-0.15, -0.1) is 0 Å². The van der Waals surface area contributed by atoms with Crippen molar-refractivity contribution >= 4 is 6.21 Å². The fraction of sp³-hybridized carbons (Fsp3) is 0.133. The summed E-state index contributed by atoms with van der Waals surface area (Å²) in [7, 11) is 0. The Morgan fingerprint density at radius 1 is 1.17 bits per heavy atom. The number of hydrogen-bond acceptors (Lipinski definition) is 2. The zero-order valence-electron chi connectivity index (χ0n) is 10.1. The summed E-state index contributed by atoms with van der Waals surface area (Å²) in [6.07, 6.45) is 1.64. The van der Waals surface area contributed by atoms with Crippen LogP contribution in [0.4, 0.5) is 4.39 Å². The van der Waals surface area contributed by atoms with Crippen LogP contribution >= 0.6 is 0 Å². The smallest absolute Gasteiger partial charge is 0.142 e. The van der Waals surface area contributed by atoms with Crippen LogP contribution in [-0.4, -0.2) is 6.21 Å². The lowest BCUT2D eigenvalue weighted by atomic mass is 10.2. The van der Waals surface area contributed by atoms with E-state index >= 15 is 0 Å². The van der Waals surface area contributed by atoms with Crippen molar-refractivity contribution in [3.63, 3.8) is 0 Å². The van der Waals surface area contributed by atoms with E-state index in [-0.39, 0.29) is 12.4 Å². The lowest BCUT2D eigenvalue weighted by molar-refractivity contribution is 0.132. The minimum Gasteiger partial charge on any atom is -0.391 e. The molecule has 0 bridgehead atoms. The van der Waals surface area contributed by atoms with Gasteiger partial charge in [0.25, 0.3) is 0 Å². The second-order valence-electron chi connectivity index (χ2n) is 4.05. The molecule has 2 aromatic carbocycles. The van der Waals surface area contributed by atoms with E-state index in [9.17, 15) is 4.39 Å². The largest absolute Gasteiger partial charge is 0.391 e. The molecule has 0 spiro atoms. The maximum Gasteiger partial charge on any atom is 0.142 e. The molecule has 0 aliphatic heterocycles. The topological polar surface area (TPSA) is 21.6 Å². The Hall–Kier alpha value is -2.16. The van der Waals surface area contributed by atoms with E-state index in [2.05, 4.69) is 5.16 Å². The van der Waals surface area contributed by atoms with Crippen LogP contribution in [0.1, 0.15) is 16.7 Å². The van der Waals surface area contributed by atoms with Gasteiger partial charge in [-0.1, -0.05) is 47.1 Å². The highest BCUT2D eigenvalue weighted by Crippen LogP contribution is 2.05. The number of oxime groups is 1. The summed E-state index contributed by atoms with van der Waals surface area (Å²) >= 11 is 0. The molecule has 2 rings (SSSR count). The van der Waals surface area contributed by atoms with Gasteiger partial charge in [0.1, 0.15) is 12.4 Å². The van der Waals surface area contributed by atoms with Gasteiger partial charge >= 0.3 is 0 Å². The summed E-state index contributed by atoms with van der Waals surface area (Å²) in [5.41, 5.74) is 2.93. The van der Waals surface area contributed by atoms with Crippen molar-refractivity contribution in [2.45, 2.75) is 13.5 Å². The fourth-order valence-corrected chi connectivity index (χ4v) is 1.49. The maximum absolute atomic E-state index is 12.9. The molecule has 0 heterocycles. The van der Waals surface area contributed by atoms with Gasteiger partial charge < -0.3 is 4.84 Å². The Labute approximate surface area is 106 Å². The van der Waals surface area contributed by atoms with Crippen LogP contribution in [0.15, 0.2) is 53.7 Å². The predicted octanol–water partition coefficient (Wildman–Crippen LogP) is 3.68. The molecule has 0 unspecified atom stereocenters. The molecular formula is C15H14FNO. The van der Waals surface area contributed by atoms with Gasteiger partial charge in [0, 0.05) is 0 Å². The van der Waals surface area contributed by atoms with Crippen LogP contribution in [0, 0.1) is 12.7 Å². The number of benzene rings is 2. The predicted molar refractivity (Wildman–Crippen MR) is 70.0 cm³/mol. The minimum absolute atomic E-state index is 0.264. The summed E-state index contributed by atoms with van der Waals surface area (Å²) in [5, 5.41) is 3.85. The summed E-state index contributed by atoms with van der Waals surface area (Å²) in [6.45, 7) is 2.29. The van der Waals surface area contributed by atoms with E-state index in [0.717, 1.165) is 11.1 Å². The minimum atomic E-state index is -0.265. The van der Waals surface area contributed by atoms with E-state index in [0.29, 0.717) is 0 Å². The van der Waals surface area contributed by atoms with Gasteiger partial charge in [-0.2, -0.15) is 0 Å². The van der Waals surface area contributed by atoms with E-state index < -0.39 is 0 Å². The van der Waals surface area contributed by atoms with Crippen molar-refractivity contribution in [3.8, 4) is 0 Å². The number of aryl methyl sites for hydroxylation is 1. The standard InChI is InChI=1S/C15H14FNO/c1-12-5-7-13(8-6-12)10-17-18-11-14-3-2-4-15(16)9-14/h2-10H,11H2,1H3. The van der Waals surface area contributed by atoms with Crippen molar-refractivity contribution < 1.29 is 9.23 Å². The van der Waals surface area contributed by atoms with Gasteiger partial charge in [0.15, 0.2) is 0 Å². The molecule has 0 amide bonds. The third-order valence-corrected chi connectivity index (χ3v) is 2.47. The first-order chi connectivity index (χ1) is 8.74. The molecule has 0 aliphatic rings. The van der Waals surface area contributed by atoms with E-state index in [1.54, 1.807) is 18.3 Å². The Bertz CT molecular complexity index is 534. The van der Waals surface area contributed by atoms with Crippen molar-refractivity contribution in [1.29, 1.82) is 0 Å². The second kappa shape index (κ2) is 5.96. The average Bonchev–Trinajstić information content (AvgIpc) is 2.37. The summed E-state index contributed by atoms with van der Waals surface area (Å²) in [6, 6.07) is 14.2. The SMILES string of the molecule is Cc1ccc(C=NOCc2cccc(F)c2)cc1. The first kappa shape index (κ1) is 12.3. The maximum atomic E-state index is 12.9. The van der Waals surface area contributed by atoms with Gasteiger partial charge in [-0.05, 0) is 30.2 Å². The van der Waals surface area contributed by atoms with Crippen LogP contribution in [0.3, 0.4) is 0 Å². The second-order valence-corrected chi connectivity index (χ2v) is 4.05. The summed E-state index contributed by atoms with van der Waals surface area (Å²) < 4.78 is 12.9. The molecule has 0 atom stereocenters. The first-order valence-electron chi connectivity index (χ1n) is 5.70. The first-order valence-corrected chi connectivity index (χ1v) is 5.70. The monoisotopic (exact) mass is 243 g/mol. The quantitative estimate of drug-likeness (QED) is 0.593. The van der Waals surface area contributed by atoms with Crippen molar-refractivity contribution in [2.24, 2.45) is 5.16 Å². The number of hydrogen-bond donors (Lipinski definition) is 0. The highest BCUT2D eigenvalue weighted by molar-refractivity contribution is 5.79. The highest BCUT2D eigenvalue weighted by atomic mass is 19.1. The molecule has 92 valence electrons. The third-order valence-electron chi connectivity index (χ3n) is 2.47. The number of nitrogens with zero attached hydrogens (tertiary/aromatic N) is 1. The van der Waals surface area contributed by atoms with Crippen molar-refractivity contribution in [3.05, 3.63) is 71.0 Å². The van der Waals surface area contributed by atoms with Crippen molar-refractivity contribution in [1.82, 2.24) is 0 Å². The highest BCUT2D eigenvalue weighted by Gasteiger charge is 1.94. The molecule has 2 aromatic rings. The number of rotatable bonds is 4. The molecule has 0 radical (unpaired) electrons. The molecule has 0 N–H and O–H groups in total. The molecular weight excluding hydrogens is 229 g/mol. The van der Waals surface area contributed by atoms with Crippen LogP contribution in [0.2, 0.25) is 0 Å². The van der Waals surface area contributed by atoms with Gasteiger partial charge in [0.2, 0.25) is 0 Å². The molecule has 0 saturated carbocycles. The molecule has 18 heavy (non-hydrogen) atoms. The van der Waals surface area contributed by atoms with Crippen LogP contribution in [0.25, 0.3) is 0 Å². The Morgan fingerprint density at radius 3 is 2.67 bits per heavy atom. The molecule has 0 fully saturated rings. The lowest BCUT2D eigenvalue weighted by Crippen LogP contribution is -1.89. The van der Waals surface area contributed by atoms with E-state index in [1.807, 2.05) is 31.2 Å². The molecule has 0 aliphatic carbocycles. The van der Waals surface area contributed by atoms with E-state index in [4.69, 9.17) is 4.84 Å². The van der Waals surface area contributed by atoms with Crippen molar-refractivity contribution in [2.75, 3.05) is 0 Å². The Kier molecular flexibility index (Phi) is 4.07.